The maximum absolute atomic E-state index is 13.2. The molecule has 1 aliphatic carbocycles. The summed E-state index contributed by atoms with van der Waals surface area (Å²) >= 11 is 0. The number of carbonyl (C=O) groups is 1. The number of hydrogen-bond acceptors (Lipinski definition) is 8. The van der Waals surface area contributed by atoms with Crippen molar-refractivity contribution in [3.05, 3.63) is 47.8 Å². The number of hydrogen-bond donors (Lipinski definition) is 0. The number of amides is 1. The Hall–Kier alpha value is -3.09. The normalized spacial score (nSPS) is 29.5. The molecule has 1 unspecified atom stereocenters. The van der Waals surface area contributed by atoms with Crippen molar-refractivity contribution >= 4 is 5.91 Å². The lowest BCUT2D eigenvalue weighted by atomic mass is 9.76. The number of aromatic nitrogens is 3. The van der Waals surface area contributed by atoms with E-state index in [9.17, 15) is 4.79 Å². The molecule has 0 aromatic carbocycles. The number of rotatable bonds is 5. The highest BCUT2D eigenvalue weighted by molar-refractivity contribution is 5.89. The van der Waals surface area contributed by atoms with Crippen LogP contribution in [0.3, 0.4) is 0 Å². The van der Waals surface area contributed by atoms with Crippen LogP contribution >= 0.6 is 0 Å². The first-order valence-electron chi connectivity index (χ1n) is 9.95. The zero-order valence-electron chi connectivity index (χ0n) is 16.5. The van der Waals surface area contributed by atoms with Gasteiger partial charge in [0.25, 0.3) is 5.91 Å². The molecule has 1 amide bonds. The van der Waals surface area contributed by atoms with Gasteiger partial charge in [-0.05, 0) is 25.0 Å². The minimum atomic E-state index is -0.803. The van der Waals surface area contributed by atoms with Crippen molar-refractivity contribution in [2.75, 3.05) is 7.11 Å². The smallest absolute Gasteiger partial charge is 0.257 e. The van der Waals surface area contributed by atoms with Crippen molar-refractivity contribution < 1.29 is 19.0 Å². The lowest BCUT2D eigenvalue weighted by Crippen LogP contribution is -2.54. The second-order valence-electron chi connectivity index (χ2n) is 7.80. The van der Waals surface area contributed by atoms with Crippen LogP contribution in [0, 0.1) is 11.3 Å². The molecular formula is C21H21N5O4. The van der Waals surface area contributed by atoms with E-state index in [1.807, 2.05) is 11.0 Å². The molecule has 30 heavy (non-hydrogen) atoms. The van der Waals surface area contributed by atoms with Gasteiger partial charge in [-0.2, -0.15) is 5.26 Å². The third kappa shape index (κ3) is 3.00. The third-order valence-electron chi connectivity index (χ3n) is 6.08. The predicted molar refractivity (Wildman–Crippen MR) is 102 cm³/mol. The summed E-state index contributed by atoms with van der Waals surface area (Å²) in [5.41, 5.74) is 0.878. The fourth-order valence-corrected chi connectivity index (χ4v) is 4.59. The molecular weight excluding hydrogens is 386 g/mol. The zero-order valence-corrected chi connectivity index (χ0v) is 16.5. The molecule has 3 fully saturated rings. The summed E-state index contributed by atoms with van der Waals surface area (Å²) < 4.78 is 17.4. The number of ether oxygens (including phenoxy) is 3. The van der Waals surface area contributed by atoms with Crippen LogP contribution in [0.5, 0.6) is 5.75 Å². The molecule has 5 rings (SSSR count). The van der Waals surface area contributed by atoms with Gasteiger partial charge in [0.05, 0.1) is 37.8 Å². The van der Waals surface area contributed by atoms with E-state index >= 15 is 0 Å². The highest BCUT2D eigenvalue weighted by atomic mass is 16.6. The second kappa shape index (κ2) is 7.31. The molecule has 2 saturated heterocycles. The summed E-state index contributed by atoms with van der Waals surface area (Å²) in [6, 6.07) is 5.24. The SMILES string of the molecule is COc1ccc(C#N)nc1COC1CC2(C1)OC1CC[C@@H](c3cnccn3)N1C2=O. The second-order valence-corrected chi connectivity index (χ2v) is 7.80. The Kier molecular flexibility index (Phi) is 4.60. The Bertz CT molecular complexity index is 1000. The summed E-state index contributed by atoms with van der Waals surface area (Å²) in [6.45, 7) is 0.211. The standard InChI is InChI=1S/C21H21N5O4/c1-28-18-4-2-13(10-22)25-16(18)12-29-14-8-21(9-14)20(27)26-17(3-5-19(26)30-21)15-11-23-6-7-24-15/h2,4,6-7,11,14,17,19H,3,5,8-9,12H2,1H3/t14?,17-,19?,21?/m0/s1. The Balaban J connectivity index is 1.23. The fourth-order valence-electron chi connectivity index (χ4n) is 4.59. The molecule has 2 aromatic rings. The lowest BCUT2D eigenvalue weighted by Gasteiger charge is -2.42. The van der Waals surface area contributed by atoms with E-state index in [1.165, 1.54) is 0 Å². The van der Waals surface area contributed by atoms with Gasteiger partial charge in [0.1, 0.15) is 29.4 Å². The molecule has 1 saturated carbocycles. The molecule has 9 heteroatoms. The Morgan fingerprint density at radius 3 is 2.93 bits per heavy atom. The molecule has 4 heterocycles. The van der Waals surface area contributed by atoms with Crippen LogP contribution in [-0.4, -0.2) is 50.8 Å². The molecule has 0 radical (unpaired) electrons. The van der Waals surface area contributed by atoms with Gasteiger partial charge in [0.2, 0.25) is 0 Å². The van der Waals surface area contributed by atoms with Gasteiger partial charge in [0.15, 0.2) is 5.60 Å². The molecule has 9 nitrogen and oxygen atoms in total. The Morgan fingerprint density at radius 2 is 2.20 bits per heavy atom. The molecule has 0 bridgehead atoms. The molecule has 1 spiro atoms. The van der Waals surface area contributed by atoms with Crippen LogP contribution < -0.4 is 4.74 Å². The molecule has 2 aliphatic heterocycles. The van der Waals surface area contributed by atoms with Crippen LogP contribution in [0.4, 0.5) is 0 Å². The van der Waals surface area contributed by atoms with Crippen molar-refractivity contribution in [3.8, 4) is 11.8 Å². The number of nitriles is 1. The predicted octanol–water partition coefficient (Wildman–Crippen LogP) is 1.89. The molecule has 2 aromatic heterocycles. The van der Waals surface area contributed by atoms with Gasteiger partial charge >= 0.3 is 0 Å². The summed E-state index contributed by atoms with van der Waals surface area (Å²) in [6.07, 6.45) is 7.31. The topological polar surface area (TPSA) is 110 Å². The van der Waals surface area contributed by atoms with Gasteiger partial charge in [0, 0.05) is 25.2 Å². The van der Waals surface area contributed by atoms with Gasteiger partial charge in [-0.3, -0.25) is 14.8 Å². The van der Waals surface area contributed by atoms with E-state index in [1.54, 1.807) is 37.8 Å². The summed E-state index contributed by atoms with van der Waals surface area (Å²) in [4.78, 5) is 27.8. The van der Waals surface area contributed by atoms with Gasteiger partial charge < -0.3 is 19.1 Å². The zero-order chi connectivity index (χ0) is 20.7. The quantitative estimate of drug-likeness (QED) is 0.739. The minimum Gasteiger partial charge on any atom is -0.495 e. The van der Waals surface area contributed by atoms with E-state index in [2.05, 4.69) is 15.0 Å². The van der Waals surface area contributed by atoms with E-state index in [0.717, 1.165) is 18.5 Å². The number of nitrogens with zero attached hydrogens (tertiary/aromatic N) is 5. The summed E-state index contributed by atoms with van der Waals surface area (Å²) in [5, 5.41) is 9.05. The third-order valence-corrected chi connectivity index (χ3v) is 6.08. The lowest BCUT2D eigenvalue weighted by molar-refractivity contribution is -0.177. The Labute approximate surface area is 173 Å². The van der Waals surface area contributed by atoms with Crippen LogP contribution in [0.25, 0.3) is 0 Å². The number of fused-ring (bicyclic) bond motifs is 1. The summed E-state index contributed by atoms with van der Waals surface area (Å²) in [5.74, 6) is 0.589. The molecule has 0 N–H and O–H groups in total. The molecule has 3 aliphatic rings. The van der Waals surface area contributed by atoms with E-state index in [4.69, 9.17) is 19.5 Å². The minimum absolute atomic E-state index is 0.0164. The molecule has 2 atom stereocenters. The van der Waals surface area contributed by atoms with Crippen molar-refractivity contribution in [2.24, 2.45) is 0 Å². The van der Waals surface area contributed by atoms with Gasteiger partial charge in [-0.1, -0.05) is 0 Å². The number of pyridine rings is 1. The maximum Gasteiger partial charge on any atom is 0.257 e. The monoisotopic (exact) mass is 407 g/mol. The van der Waals surface area contributed by atoms with Crippen molar-refractivity contribution in [1.82, 2.24) is 19.9 Å². The largest absolute Gasteiger partial charge is 0.495 e. The van der Waals surface area contributed by atoms with Gasteiger partial charge in [-0.15, -0.1) is 0 Å². The van der Waals surface area contributed by atoms with Crippen molar-refractivity contribution in [2.45, 2.75) is 56.3 Å². The average Bonchev–Trinajstić information content (AvgIpc) is 3.30. The maximum atomic E-state index is 13.2. The van der Waals surface area contributed by atoms with Crippen LogP contribution in [-0.2, 0) is 20.9 Å². The van der Waals surface area contributed by atoms with Crippen LogP contribution in [0.15, 0.2) is 30.7 Å². The summed E-state index contributed by atoms with van der Waals surface area (Å²) in [7, 11) is 1.55. The first-order valence-corrected chi connectivity index (χ1v) is 9.95. The first-order chi connectivity index (χ1) is 14.6. The Morgan fingerprint density at radius 1 is 1.33 bits per heavy atom. The fraction of sp³-hybridized carbons (Fsp3) is 0.476. The van der Waals surface area contributed by atoms with Crippen LogP contribution in [0.1, 0.15) is 48.8 Å². The van der Waals surface area contributed by atoms with Gasteiger partial charge in [-0.25, -0.2) is 4.98 Å². The van der Waals surface area contributed by atoms with Crippen LogP contribution in [0.2, 0.25) is 0 Å². The number of carbonyl (C=O) groups excluding carboxylic acids is 1. The van der Waals surface area contributed by atoms with E-state index in [0.29, 0.717) is 30.0 Å². The highest BCUT2D eigenvalue weighted by Crippen LogP contribution is 2.51. The highest BCUT2D eigenvalue weighted by Gasteiger charge is 2.63. The first kappa shape index (κ1) is 18.9. The van der Waals surface area contributed by atoms with Crippen molar-refractivity contribution in [1.29, 1.82) is 5.26 Å². The van der Waals surface area contributed by atoms with E-state index in [-0.39, 0.29) is 30.9 Å². The van der Waals surface area contributed by atoms with E-state index < -0.39 is 5.60 Å². The van der Waals surface area contributed by atoms with Crippen molar-refractivity contribution in [3.63, 3.8) is 0 Å². The average molecular weight is 407 g/mol. The number of methoxy groups -OCH3 is 1. The molecule has 154 valence electrons.